The average molecular weight is 803 g/mol. The van der Waals surface area contributed by atoms with Crippen molar-refractivity contribution < 1.29 is 56.9 Å². The predicted molar refractivity (Wildman–Crippen MR) is 197 cm³/mol. The molecule has 4 aliphatic rings. The van der Waals surface area contributed by atoms with E-state index in [1.54, 1.807) is 6.08 Å². The molecule has 4 N–H and O–H groups in total. The molecule has 0 spiro atoms. The minimum absolute atomic E-state index is 0.0125. The van der Waals surface area contributed by atoms with Gasteiger partial charge >= 0.3 is 5.97 Å². The molecule has 312 valence electrons. The van der Waals surface area contributed by atoms with Gasteiger partial charge in [0.15, 0.2) is 0 Å². The predicted octanol–water partition coefficient (Wildman–Crippen LogP) is 0.0995. The molecule has 1 unspecified atom stereocenters. The van der Waals surface area contributed by atoms with Gasteiger partial charge in [-0.25, -0.2) is 13.6 Å². The van der Waals surface area contributed by atoms with E-state index >= 15 is 0 Å². The van der Waals surface area contributed by atoms with Gasteiger partial charge in [0.25, 0.3) is 0 Å². The van der Waals surface area contributed by atoms with Crippen LogP contribution in [0.3, 0.4) is 0 Å². The van der Waals surface area contributed by atoms with Crippen molar-refractivity contribution in [3.63, 3.8) is 0 Å². The van der Waals surface area contributed by atoms with E-state index in [4.69, 9.17) is 9.47 Å². The van der Waals surface area contributed by atoms with Gasteiger partial charge in [-0.3, -0.25) is 28.8 Å². The molecule has 4 heterocycles. The van der Waals surface area contributed by atoms with Gasteiger partial charge in [-0.1, -0.05) is 32.8 Å². The van der Waals surface area contributed by atoms with Gasteiger partial charge < -0.3 is 45.2 Å². The van der Waals surface area contributed by atoms with Crippen LogP contribution in [0.2, 0.25) is 0 Å². The molecule has 5 rings (SSSR count). The summed E-state index contributed by atoms with van der Waals surface area (Å²) in [5.74, 6) is -7.45. The number of fused-ring (bicyclic) bond motifs is 3. The largest absolute Gasteiger partial charge is 0.458 e. The summed E-state index contributed by atoms with van der Waals surface area (Å²) in [6.07, 6.45) is 2.02. The summed E-state index contributed by atoms with van der Waals surface area (Å²) in [4.78, 5) is 101. The Balaban J connectivity index is 1.52. The van der Waals surface area contributed by atoms with E-state index in [1.807, 2.05) is 13.8 Å². The van der Waals surface area contributed by atoms with Crippen molar-refractivity contribution in [1.29, 1.82) is 0 Å². The standard InChI is InChI=1S/C39H52F2N6O10/c1-5-6-7-8-9-32(49)43-28(15-24-13-25(40)16-26(41)14-24)34(50)44-33-23(4)57-39(55)30-12-21(2)18-46(30)36(52)22(3)42-35(51)31-20-56-11-10-45(31)37(53)29-17-27(48)19-47(29)38(33)54/h8-9,13-14,16,21-23,27-31,33,48H,5-7,10-12,15,17-20H2,1-4H3,(H,42,51)(H,43,49)(H,44,50)/b9-8+/t21-,22+,23+,27-,28+,29+,30?,31+,33+/m1/s1. The van der Waals surface area contributed by atoms with Crippen LogP contribution in [0.5, 0.6) is 0 Å². The second-order valence-corrected chi connectivity index (χ2v) is 15.3. The second-order valence-electron chi connectivity index (χ2n) is 15.3. The molecule has 6 amide bonds. The van der Waals surface area contributed by atoms with Crippen molar-refractivity contribution in [2.45, 2.75) is 115 Å². The summed E-state index contributed by atoms with van der Waals surface area (Å²) in [6.45, 7) is 6.23. The molecule has 0 radical (unpaired) electrons. The van der Waals surface area contributed by atoms with E-state index in [2.05, 4.69) is 16.0 Å². The zero-order valence-corrected chi connectivity index (χ0v) is 32.6. The van der Waals surface area contributed by atoms with E-state index in [0.29, 0.717) is 12.5 Å². The molecule has 0 saturated carbocycles. The van der Waals surface area contributed by atoms with Crippen LogP contribution in [0, 0.1) is 17.6 Å². The highest BCUT2D eigenvalue weighted by Crippen LogP contribution is 2.28. The highest BCUT2D eigenvalue weighted by atomic mass is 19.1. The fourth-order valence-corrected chi connectivity index (χ4v) is 7.75. The van der Waals surface area contributed by atoms with E-state index in [0.717, 1.165) is 29.9 Å². The van der Waals surface area contributed by atoms with E-state index in [9.17, 15) is 47.4 Å². The molecule has 4 fully saturated rings. The van der Waals surface area contributed by atoms with Crippen LogP contribution < -0.4 is 16.0 Å². The Bertz CT molecular complexity index is 1730. The third kappa shape index (κ3) is 10.5. The maximum absolute atomic E-state index is 14.6. The molecule has 4 aliphatic heterocycles. The summed E-state index contributed by atoms with van der Waals surface area (Å²) < 4.78 is 39.8. The number of amides is 6. The Morgan fingerprint density at radius 2 is 1.65 bits per heavy atom. The second kappa shape index (κ2) is 19.0. The lowest BCUT2D eigenvalue weighted by atomic mass is 10.0. The number of nitrogens with zero attached hydrogens (tertiary/aromatic N) is 3. The van der Waals surface area contributed by atoms with Crippen molar-refractivity contribution >= 4 is 41.4 Å². The fourth-order valence-electron chi connectivity index (χ4n) is 7.75. The number of hydrogen-bond acceptors (Lipinski definition) is 10. The Hall–Kier alpha value is -4.97. The van der Waals surface area contributed by atoms with Crippen LogP contribution in [0.15, 0.2) is 30.4 Å². The lowest BCUT2D eigenvalue weighted by Crippen LogP contribution is -2.64. The first-order valence-corrected chi connectivity index (χ1v) is 19.5. The molecular formula is C39H52F2N6O10. The molecule has 0 aliphatic carbocycles. The van der Waals surface area contributed by atoms with Crippen LogP contribution in [-0.2, 0) is 49.5 Å². The summed E-state index contributed by atoms with van der Waals surface area (Å²) in [7, 11) is 0. The maximum Gasteiger partial charge on any atom is 0.329 e. The molecule has 4 saturated heterocycles. The van der Waals surface area contributed by atoms with Gasteiger partial charge in [-0.05, 0) is 56.4 Å². The van der Waals surface area contributed by atoms with Gasteiger partial charge in [0.2, 0.25) is 35.4 Å². The molecule has 57 heavy (non-hydrogen) atoms. The van der Waals surface area contributed by atoms with E-state index in [1.165, 1.54) is 29.7 Å². The third-order valence-electron chi connectivity index (χ3n) is 10.7. The van der Waals surface area contributed by atoms with Crippen LogP contribution in [-0.4, -0.2) is 143 Å². The Morgan fingerprint density at radius 1 is 0.947 bits per heavy atom. The minimum atomic E-state index is -1.73. The van der Waals surface area contributed by atoms with Crippen molar-refractivity contribution in [3.8, 4) is 0 Å². The zero-order valence-electron chi connectivity index (χ0n) is 32.6. The highest BCUT2D eigenvalue weighted by molar-refractivity contribution is 5.98. The van der Waals surface area contributed by atoms with Gasteiger partial charge in [0.05, 0.1) is 19.3 Å². The first-order chi connectivity index (χ1) is 27.1. The van der Waals surface area contributed by atoms with Crippen molar-refractivity contribution in [2.24, 2.45) is 5.92 Å². The molecule has 1 aromatic carbocycles. The maximum atomic E-state index is 14.6. The number of carbonyl (C=O) groups excluding carboxylic acids is 7. The third-order valence-corrected chi connectivity index (χ3v) is 10.7. The molecule has 9 atom stereocenters. The topological polar surface area (TPSA) is 204 Å². The number of morpholine rings is 1. The highest BCUT2D eigenvalue weighted by Gasteiger charge is 2.49. The normalized spacial score (nSPS) is 29.4. The number of aliphatic hydroxyl groups excluding tert-OH is 1. The summed E-state index contributed by atoms with van der Waals surface area (Å²) in [6, 6.07) is -5.34. The van der Waals surface area contributed by atoms with Crippen LogP contribution >= 0.6 is 0 Å². The van der Waals surface area contributed by atoms with Crippen molar-refractivity contribution in [3.05, 3.63) is 47.5 Å². The van der Waals surface area contributed by atoms with Crippen LogP contribution in [0.4, 0.5) is 8.78 Å². The quantitative estimate of drug-likeness (QED) is 0.151. The Kier molecular flexibility index (Phi) is 14.4. The van der Waals surface area contributed by atoms with E-state index in [-0.39, 0.29) is 57.2 Å². The zero-order chi connectivity index (χ0) is 41.6. The number of allylic oxidation sites excluding steroid dienone is 1. The molecule has 0 aromatic heterocycles. The number of aliphatic hydroxyl groups is 1. The first kappa shape index (κ1) is 43.2. The lowest BCUT2D eigenvalue weighted by Gasteiger charge is -2.39. The first-order valence-electron chi connectivity index (χ1n) is 19.5. The molecule has 18 heteroatoms. The number of hydrogen-bond donors (Lipinski definition) is 4. The SMILES string of the molecule is CCCC/C=C/C(=O)N[C@@H](Cc1cc(F)cc(F)c1)C(=O)N[C@@H]1C(=O)N2C[C@H](O)C[C@H]2C(=O)N2CCOC[C@H]2C(=O)N[C@@H](C)C(=O)N2C[C@H](C)CC2C(=O)O[C@H]1C. The Morgan fingerprint density at radius 3 is 2.35 bits per heavy atom. The minimum Gasteiger partial charge on any atom is -0.458 e. The molecule has 16 nitrogen and oxygen atoms in total. The number of ether oxygens (including phenoxy) is 2. The van der Waals surface area contributed by atoms with Gasteiger partial charge in [0.1, 0.15) is 54.0 Å². The number of carbonyl (C=O) groups is 7. The number of halogens is 2. The van der Waals surface area contributed by atoms with Crippen molar-refractivity contribution in [2.75, 3.05) is 32.8 Å². The molecular weight excluding hydrogens is 750 g/mol. The number of rotatable bonds is 9. The number of nitrogens with one attached hydrogen (secondary N) is 3. The summed E-state index contributed by atoms with van der Waals surface area (Å²) in [5.41, 5.74) is 0.0125. The van der Waals surface area contributed by atoms with Gasteiger partial charge in [0, 0.05) is 38.5 Å². The summed E-state index contributed by atoms with van der Waals surface area (Å²) >= 11 is 0. The van der Waals surface area contributed by atoms with Crippen LogP contribution in [0.1, 0.15) is 65.4 Å². The number of esters is 1. The van der Waals surface area contributed by atoms with E-state index < -0.39 is 108 Å². The Labute approximate surface area is 329 Å². The fraction of sp³-hybridized carbons (Fsp3) is 0.615. The van der Waals surface area contributed by atoms with Crippen molar-refractivity contribution in [1.82, 2.24) is 30.7 Å². The molecule has 1 aromatic rings. The van der Waals surface area contributed by atoms with Gasteiger partial charge in [-0.15, -0.1) is 0 Å². The monoisotopic (exact) mass is 802 g/mol. The molecule has 0 bridgehead atoms. The number of benzene rings is 1. The summed E-state index contributed by atoms with van der Waals surface area (Å²) in [5, 5.41) is 18.5. The number of cyclic esters (lactones) is 1. The lowest BCUT2D eigenvalue weighted by molar-refractivity contribution is -0.164. The van der Waals surface area contributed by atoms with Crippen LogP contribution in [0.25, 0.3) is 0 Å². The van der Waals surface area contributed by atoms with Gasteiger partial charge in [-0.2, -0.15) is 0 Å². The number of unbranched alkanes of at least 4 members (excludes halogenated alkanes) is 2. The average Bonchev–Trinajstić information content (AvgIpc) is 3.75. The smallest absolute Gasteiger partial charge is 0.329 e.